The molecule has 33 heavy (non-hydrogen) atoms. The van der Waals surface area contributed by atoms with Gasteiger partial charge in [0.1, 0.15) is 0 Å². The maximum atomic E-state index is 12.6. The van der Waals surface area contributed by atoms with Gasteiger partial charge in [-0.25, -0.2) is 23.5 Å². The molecule has 1 aromatic heterocycles. The van der Waals surface area contributed by atoms with Crippen molar-refractivity contribution in [3.8, 4) is 0 Å². The van der Waals surface area contributed by atoms with Crippen molar-refractivity contribution in [2.75, 3.05) is 19.8 Å². The molecule has 0 spiro atoms. The zero-order valence-corrected chi connectivity index (χ0v) is 19.8. The molecule has 0 bridgehead atoms. The van der Waals surface area contributed by atoms with Gasteiger partial charge in [0.05, 0.1) is 26.1 Å². The van der Waals surface area contributed by atoms with Crippen LogP contribution in [0, 0.1) is 11.8 Å². The molecule has 0 saturated carbocycles. The van der Waals surface area contributed by atoms with E-state index in [9.17, 15) is 24.0 Å². The van der Waals surface area contributed by atoms with Crippen molar-refractivity contribution in [1.29, 1.82) is 0 Å². The van der Waals surface area contributed by atoms with Gasteiger partial charge >= 0.3 is 29.0 Å². The molecule has 11 nitrogen and oxygen atoms in total. The Labute approximate surface area is 192 Å². The van der Waals surface area contributed by atoms with E-state index in [-0.39, 0.29) is 51.7 Å². The molecule has 0 radical (unpaired) electrons. The van der Waals surface area contributed by atoms with Crippen molar-refractivity contribution in [3.05, 3.63) is 31.5 Å². The molecule has 11 heteroatoms. The number of nitrogens with one attached hydrogen (secondary N) is 1. The normalized spacial score (nSPS) is 12.8. The van der Waals surface area contributed by atoms with Crippen molar-refractivity contribution < 1.29 is 24.2 Å². The second-order valence-electron chi connectivity index (χ2n) is 8.35. The van der Waals surface area contributed by atoms with Gasteiger partial charge in [-0.1, -0.05) is 33.6 Å². The summed E-state index contributed by atoms with van der Waals surface area (Å²) in [6, 6.07) is 0. The lowest BCUT2D eigenvalue weighted by Crippen LogP contribution is -2.49. The third kappa shape index (κ3) is 10.6. The first-order valence-corrected chi connectivity index (χ1v) is 11.6. The molecule has 188 valence electrons. The number of hydrogen-bond donors (Lipinski definition) is 2. The molecule has 2 unspecified atom stereocenters. The fraction of sp³-hybridized carbons (Fsp3) is 0.773. The first-order chi connectivity index (χ1) is 15.7. The molecule has 0 amide bonds. The molecule has 2 atom stereocenters. The van der Waals surface area contributed by atoms with E-state index >= 15 is 0 Å². The predicted molar refractivity (Wildman–Crippen MR) is 121 cm³/mol. The van der Waals surface area contributed by atoms with Gasteiger partial charge in [0.25, 0.3) is 0 Å². The molecule has 0 aromatic carbocycles. The molecular formula is C22H37N3O8. The number of aliphatic hydroxyl groups excluding tert-OH is 1. The van der Waals surface area contributed by atoms with Gasteiger partial charge in [-0.3, -0.25) is 14.6 Å². The van der Waals surface area contributed by atoms with Crippen molar-refractivity contribution in [2.24, 2.45) is 11.8 Å². The van der Waals surface area contributed by atoms with Crippen molar-refractivity contribution >= 4 is 11.9 Å². The van der Waals surface area contributed by atoms with Crippen LogP contribution in [0.5, 0.6) is 0 Å². The Morgan fingerprint density at radius 2 is 1.30 bits per heavy atom. The smallest absolute Gasteiger partial charge is 0.336 e. The minimum atomic E-state index is -0.932. The van der Waals surface area contributed by atoms with Crippen LogP contribution >= 0.6 is 0 Å². The van der Waals surface area contributed by atoms with E-state index in [1.807, 2.05) is 11.9 Å². The third-order valence-electron chi connectivity index (χ3n) is 5.40. The van der Waals surface area contributed by atoms with E-state index in [0.29, 0.717) is 18.8 Å². The zero-order valence-electron chi connectivity index (χ0n) is 19.8. The summed E-state index contributed by atoms with van der Waals surface area (Å²) in [6.45, 7) is 6.08. The number of ether oxygens (including phenoxy) is 2. The van der Waals surface area contributed by atoms with E-state index < -0.39 is 29.0 Å². The third-order valence-corrected chi connectivity index (χ3v) is 5.40. The van der Waals surface area contributed by atoms with E-state index in [0.717, 1.165) is 28.4 Å². The van der Waals surface area contributed by atoms with Crippen LogP contribution in [-0.4, -0.2) is 51.0 Å². The van der Waals surface area contributed by atoms with Crippen LogP contribution in [0.1, 0.15) is 65.7 Å². The van der Waals surface area contributed by atoms with Crippen LogP contribution in [0.25, 0.3) is 0 Å². The van der Waals surface area contributed by atoms with Crippen LogP contribution in [-0.2, 0) is 32.2 Å². The van der Waals surface area contributed by atoms with Gasteiger partial charge < -0.3 is 14.6 Å². The lowest BCUT2D eigenvalue weighted by atomic mass is 10.0. The summed E-state index contributed by atoms with van der Waals surface area (Å²) < 4.78 is 11.7. The molecule has 0 saturated heterocycles. The van der Waals surface area contributed by atoms with Gasteiger partial charge in [0.15, 0.2) is 0 Å². The second-order valence-corrected chi connectivity index (χ2v) is 8.35. The van der Waals surface area contributed by atoms with E-state index in [4.69, 9.17) is 14.6 Å². The fourth-order valence-electron chi connectivity index (χ4n) is 3.24. The molecule has 0 aliphatic carbocycles. The summed E-state index contributed by atoms with van der Waals surface area (Å²) in [4.78, 5) is 62.5. The maximum Gasteiger partial charge on any atom is 0.336 e. The molecular weight excluding hydrogens is 434 g/mol. The first kappa shape index (κ1) is 28.3. The highest BCUT2D eigenvalue weighted by Crippen LogP contribution is 2.09. The molecule has 0 aliphatic rings. The van der Waals surface area contributed by atoms with Crippen LogP contribution in [0.15, 0.2) is 14.4 Å². The predicted octanol–water partition coefficient (Wildman–Crippen LogP) is 0.800. The van der Waals surface area contributed by atoms with Crippen molar-refractivity contribution in [3.63, 3.8) is 0 Å². The van der Waals surface area contributed by atoms with Crippen molar-refractivity contribution in [1.82, 2.24) is 14.1 Å². The Bertz CT molecular complexity index is 848. The van der Waals surface area contributed by atoms with E-state index in [1.165, 1.54) is 0 Å². The Balaban J connectivity index is 2.61. The summed E-state index contributed by atoms with van der Waals surface area (Å²) in [6.07, 6.45) is 3.60. The molecule has 0 aliphatic heterocycles. The average molecular weight is 472 g/mol. The van der Waals surface area contributed by atoms with Gasteiger partial charge in [-0.05, 0) is 31.1 Å². The minimum absolute atomic E-state index is 0.0619. The van der Waals surface area contributed by atoms with Crippen LogP contribution in [0.4, 0.5) is 0 Å². The van der Waals surface area contributed by atoms with Gasteiger partial charge in [0, 0.05) is 19.7 Å². The number of esters is 2. The Hall–Kier alpha value is -2.69. The fourth-order valence-corrected chi connectivity index (χ4v) is 3.24. The highest BCUT2D eigenvalue weighted by atomic mass is 16.5. The van der Waals surface area contributed by atoms with E-state index in [2.05, 4.69) is 13.8 Å². The molecule has 1 rings (SSSR count). The Morgan fingerprint density at radius 1 is 0.848 bits per heavy atom. The number of aromatic nitrogens is 3. The monoisotopic (exact) mass is 471 g/mol. The highest BCUT2D eigenvalue weighted by Gasteiger charge is 2.14. The number of aromatic amines is 1. The number of hydrogen-bond acceptors (Lipinski definition) is 8. The Kier molecular flexibility index (Phi) is 13.1. The summed E-state index contributed by atoms with van der Waals surface area (Å²) in [5, 5.41) is 8.87. The van der Waals surface area contributed by atoms with Crippen LogP contribution < -0.4 is 17.1 Å². The lowest BCUT2D eigenvalue weighted by molar-refractivity contribution is -0.145. The summed E-state index contributed by atoms with van der Waals surface area (Å²) in [5.41, 5.74) is -2.76. The van der Waals surface area contributed by atoms with Gasteiger partial charge in [-0.15, -0.1) is 0 Å². The SMILES string of the molecule is CCCC(C)CCOC(=O)CCn1c(=O)[nH]c(=O)n(CCC(=O)OCCC(C)CCO)c1=O. The summed E-state index contributed by atoms with van der Waals surface area (Å²) >= 11 is 0. The topological polar surface area (TPSA) is 150 Å². The number of rotatable bonds is 16. The summed E-state index contributed by atoms with van der Waals surface area (Å²) in [7, 11) is 0. The molecule has 1 aromatic rings. The van der Waals surface area contributed by atoms with Crippen LogP contribution in [0.3, 0.4) is 0 Å². The summed E-state index contributed by atoms with van der Waals surface area (Å²) in [5.74, 6) is -0.492. The number of nitrogens with zero attached hydrogens (tertiary/aromatic N) is 2. The largest absolute Gasteiger partial charge is 0.466 e. The number of carbonyl (C=O) groups excluding carboxylic acids is 2. The quantitative estimate of drug-likeness (QED) is 0.336. The Morgan fingerprint density at radius 3 is 1.73 bits per heavy atom. The lowest BCUT2D eigenvalue weighted by Gasteiger charge is -2.11. The highest BCUT2D eigenvalue weighted by molar-refractivity contribution is 5.69. The standard InChI is InChI=1S/C22H37N3O8/c1-4-5-16(2)9-14-32-18(27)6-11-24-20(29)23-21(30)25(22(24)31)12-7-19(28)33-15-10-17(3)8-13-26/h16-17,26H,4-15H2,1-3H3,(H,23,29,30). The zero-order chi connectivity index (χ0) is 24.8. The molecule has 0 fully saturated rings. The van der Waals surface area contributed by atoms with Crippen molar-refractivity contribution in [2.45, 2.75) is 78.8 Å². The number of carbonyl (C=O) groups is 2. The van der Waals surface area contributed by atoms with Gasteiger partial charge in [0.2, 0.25) is 0 Å². The molecule has 2 N–H and O–H groups in total. The average Bonchev–Trinajstić information content (AvgIpc) is 2.73. The van der Waals surface area contributed by atoms with Crippen LogP contribution in [0.2, 0.25) is 0 Å². The maximum absolute atomic E-state index is 12.6. The number of H-pyrrole nitrogens is 1. The first-order valence-electron chi connectivity index (χ1n) is 11.6. The van der Waals surface area contributed by atoms with Gasteiger partial charge in [-0.2, -0.15) is 0 Å². The second kappa shape index (κ2) is 15.2. The number of aliphatic hydroxyl groups is 1. The minimum Gasteiger partial charge on any atom is -0.466 e. The molecule has 1 heterocycles. The van der Waals surface area contributed by atoms with E-state index in [1.54, 1.807) is 0 Å².